The third-order valence-electron chi connectivity index (χ3n) is 3.85. The van der Waals surface area contributed by atoms with Crippen molar-refractivity contribution in [2.45, 2.75) is 26.7 Å². The van der Waals surface area contributed by atoms with Gasteiger partial charge in [-0.3, -0.25) is 0 Å². The van der Waals surface area contributed by atoms with E-state index in [0.717, 1.165) is 42.2 Å². The number of hydrogen-bond donors (Lipinski definition) is 0. The molecule has 1 aromatic carbocycles. The summed E-state index contributed by atoms with van der Waals surface area (Å²) in [5, 5.41) is 1.04. The summed E-state index contributed by atoms with van der Waals surface area (Å²) < 4.78 is 19.9. The van der Waals surface area contributed by atoms with Gasteiger partial charge in [0, 0.05) is 23.5 Å². The predicted molar refractivity (Wildman–Crippen MR) is 89.3 cm³/mol. The second kappa shape index (κ2) is 6.75. The van der Waals surface area contributed by atoms with E-state index in [0.29, 0.717) is 18.9 Å². The zero-order chi connectivity index (χ0) is 15.5. The standard InChI is InChI=1S/C17H21FN2OS/c1-3-4-16-17(19-12(2)22-16)13-5-6-15(14(18)11-13)20-7-9-21-10-8-20/h5-6,11H,3-4,7-10H2,1-2H3. The van der Waals surface area contributed by atoms with Crippen LogP contribution in [0, 0.1) is 12.7 Å². The molecule has 0 amide bonds. The number of nitrogens with zero attached hydrogens (tertiary/aromatic N) is 2. The van der Waals surface area contributed by atoms with Crippen LogP contribution in [-0.2, 0) is 11.2 Å². The van der Waals surface area contributed by atoms with Gasteiger partial charge in [0.2, 0.25) is 0 Å². The molecule has 1 aliphatic rings. The highest BCUT2D eigenvalue weighted by Gasteiger charge is 2.17. The molecule has 0 saturated carbocycles. The summed E-state index contributed by atoms with van der Waals surface area (Å²) in [6.07, 6.45) is 2.07. The summed E-state index contributed by atoms with van der Waals surface area (Å²) in [6, 6.07) is 5.49. The maximum Gasteiger partial charge on any atom is 0.147 e. The summed E-state index contributed by atoms with van der Waals surface area (Å²) in [6.45, 7) is 6.97. The van der Waals surface area contributed by atoms with E-state index < -0.39 is 0 Å². The van der Waals surface area contributed by atoms with Crippen LogP contribution in [0.25, 0.3) is 11.3 Å². The number of anilines is 1. The molecular formula is C17H21FN2OS. The first kappa shape index (κ1) is 15.4. The van der Waals surface area contributed by atoms with Crippen molar-refractivity contribution >= 4 is 17.0 Å². The first-order chi connectivity index (χ1) is 10.7. The number of aryl methyl sites for hydroxylation is 2. The molecule has 2 aromatic rings. The summed E-state index contributed by atoms with van der Waals surface area (Å²) in [5.41, 5.74) is 2.48. The van der Waals surface area contributed by atoms with Crippen molar-refractivity contribution in [1.29, 1.82) is 0 Å². The monoisotopic (exact) mass is 320 g/mol. The van der Waals surface area contributed by atoms with Crippen molar-refractivity contribution < 1.29 is 9.13 Å². The maximum atomic E-state index is 14.5. The molecule has 3 rings (SSSR count). The minimum absolute atomic E-state index is 0.174. The van der Waals surface area contributed by atoms with Gasteiger partial charge in [0.25, 0.3) is 0 Å². The van der Waals surface area contributed by atoms with Crippen molar-refractivity contribution in [2.75, 3.05) is 31.2 Å². The molecule has 1 aromatic heterocycles. The highest BCUT2D eigenvalue weighted by molar-refractivity contribution is 7.12. The summed E-state index contributed by atoms with van der Waals surface area (Å²) in [5.74, 6) is -0.174. The zero-order valence-electron chi connectivity index (χ0n) is 13.1. The molecule has 0 N–H and O–H groups in total. The van der Waals surface area contributed by atoms with Gasteiger partial charge in [-0.2, -0.15) is 0 Å². The Hall–Kier alpha value is -1.46. The SMILES string of the molecule is CCCc1sc(C)nc1-c1ccc(N2CCOCC2)c(F)c1. The first-order valence-corrected chi connectivity index (χ1v) is 8.59. The highest BCUT2D eigenvalue weighted by Crippen LogP contribution is 2.32. The fourth-order valence-corrected chi connectivity index (χ4v) is 3.87. The van der Waals surface area contributed by atoms with Crippen molar-refractivity contribution in [2.24, 2.45) is 0 Å². The van der Waals surface area contributed by atoms with Crippen LogP contribution >= 0.6 is 11.3 Å². The van der Waals surface area contributed by atoms with E-state index in [1.807, 2.05) is 24.0 Å². The smallest absolute Gasteiger partial charge is 0.147 e. The number of morpholine rings is 1. The molecule has 1 saturated heterocycles. The lowest BCUT2D eigenvalue weighted by molar-refractivity contribution is 0.122. The average Bonchev–Trinajstić information content (AvgIpc) is 2.89. The van der Waals surface area contributed by atoms with Crippen molar-refractivity contribution in [3.63, 3.8) is 0 Å². The number of halogens is 1. The van der Waals surface area contributed by atoms with Gasteiger partial charge in [0.1, 0.15) is 5.82 Å². The Labute approximate surface area is 134 Å². The Bertz CT molecular complexity index is 650. The second-order valence-corrected chi connectivity index (χ2v) is 6.81. The van der Waals surface area contributed by atoms with Crippen molar-refractivity contribution in [3.05, 3.63) is 33.9 Å². The van der Waals surface area contributed by atoms with Gasteiger partial charge in [-0.25, -0.2) is 9.37 Å². The number of ether oxygens (including phenoxy) is 1. The van der Waals surface area contributed by atoms with E-state index >= 15 is 0 Å². The Morgan fingerprint density at radius 3 is 2.77 bits per heavy atom. The minimum Gasteiger partial charge on any atom is -0.378 e. The van der Waals surface area contributed by atoms with Crippen LogP contribution in [0.15, 0.2) is 18.2 Å². The molecule has 0 bridgehead atoms. The highest BCUT2D eigenvalue weighted by atomic mass is 32.1. The Kier molecular flexibility index (Phi) is 4.74. The quantitative estimate of drug-likeness (QED) is 0.850. The van der Waals surface area contributed by atoms with Gasteiger partial charge < -0.3 is 9.64 Å². The average molecular weight is 320 g/mol. The number of hydrogen-bond acceptors (Lipinski definition) is 4. The Balaban J connectivity index is 1.91. The summed E-state index contributed by atoms with van der Waals surface area (Å²) in [4.78, 5) is 7.89. The fourth-order valence-electron chi connectivity index (χ4n) is 2.81. The lowest BCUT2D eigenvalue weighted by atomic mass is 10.1. The molecule has 22 heavy (non-hydrogen) atoms. The molecule has 1 aliphatic heterocycles. The van der Waals surface area contributed by atoms with Gasteiger partial charge in [0.05, 0.1) is 29.6 Å². The van der Waals surface area contributed by atoms with Crippen LogP contribution in [-0.4, -0.2) is 31.3 Å². The van der Waals surface area contributed by atoms with Gasteiger partial charge in [-0.1, -0.05) is 19.4 Å². The van der Waals surface area contributed by atoms with Gasteiger partial charge in [-0.05, 0) is 25.5 Å². The van der Waals surface area contributed by atoms with Crippen molar-refractivity contribution in [1.82, 2.24) is 4.98 Å². The summed E-state index contributed by atoms with van der Waals surface area (Å²) in [7, 11) is 0. The number of thiazole rings is 1. The van der Waals surface area contributed by atoms with Crippen molar-refractivity contribution in [3.8, 4) is 11.3 Å². The molecule has 0 unspecified atom stereocenters. The molecule has 5 heteroatoms. The predicted octanol–water partition coefficient (Wildman–Crippen LogP) is 4.05. The van der Waals surface area contributed by atoms with Gasteiger partial charge in [-0.15, -0.1) is 11.3 Å². The van der Waals surface area contributed by atoms with Crippen LogP contribution in [0.1, 0.15) is 23.2 Å². The largest absolute Gasteiger partial charge is 0.378 e. The van der Waals surface area contributed by atoms with Crippen LogP contribution in [0.3, 0.4) is 0 Å². The van der Waals surface area contributed by atoms with Crippen LogP contribution in [0.4, 0.5) is 10.1 Å². The van der Waals surface area contributed by atoms with E-state index in [-0.39, 0.29) is 5.82 Å². The molecule has 0 spiro atoms. The summed E-state index contributed by atoms with van der Waals surface area (Å²) >= 11 is 1.71. The van der Waals surface area contributed by atoms with Crippen LogP contribution in [0.2, 0.25) is 0 Å². The maximum absolute atomic E-state index is 14.5. The number of rotatable bonds is 4. The van der Waals surface area contributed by atoms with Crippen LogP contribution in [0.5, 0.6) is 0 Å². The molecular weight excluding hydrogens is 299 g/mol. The molecule has 0 atom stereocenters. The van der Waals surface area contributed by atoms with Gasteiger partial charge in [0.15, 0.2) is 0 Å². The molecule has 0 radical (unpaired) electrons. The lowest BCUT2D eigenvalue weighted by Crippen LogP contribution is -2.36. The lowest BCUT2D eigenvalue weighted by Gasteiger charge is -2.29. The third-order valence-corrected chi connectivity index (χ3v) is 4.88. The van der Waals surface area contributed by atoms with Gasteiger partial charge >= 0.3 is 0 Å². The number of benzene rings is 1. The number of aromatic nitrogens is 1. The normalized spacial score (nSPS) is 15.3. The van der Waals surface area contributed by atoms with Crippen LogP contribution < -0.4 is 4.90 Å². The van der Waals surface area contributed by atoms with E-state index in [1.54, 1.807) is 17.4 Å². The van der Waals surface area contributed by atoms with E-state index in [1.165, 1.54) is 4.88 Å². The third kappa shape index (κ3) is 3.15. The minimum atomic E-state index is -0.174. The second-order valence-electron chi connectivity index (χ2n) is 5.52. The molecule has 118 valence electrons. The molecule has 3 nitrogen and oxygen atoms in total. The molecule has 1 fully saturated rings. The van der Waals surface area contributed by atoms with E-state index in [4.69, 9.17) is 4.74 Å². The first-order valence-electron chi connectivity index (χ1n) is 7.78. The van der Waals surface area contributed by atoms with E-state index in [9.17, 15) is 4.39 Å². The Morgan fingerprint density at radius 2 is 2.09 bits per heavy atom. The Morgan fingerprint density at radius 1 is 1.32 bits per heavy atom. The molecule has 2 heterocycles. The topological polar surface area (TPSA) is 25.4 Å². The fraction of sp³-hybridized carbons (Fsp3) is 0.471. The molecule has 0 aliphatic carbocycles. The van der Waals surface area contributed by atoms with E-state index in [2.05, 4.69) is 11.9 Å². The zero-order valence-corrected chi connectivity index (χ0v) is 13.9.